The third-order valence-electron chi connectivity index (χ3n) is 5.06. The highest BCUT2D eigenvalue weighted by molar-refractivity contribution is 5.80. The minimum Gasteiger partial charge on any atom is -0.357 e. The molecule has 0 spiro atoms. The van der Waals surface area contributed by atoms with Crippen molar-refractivity contribution in [1.82, 2.24) is 25.1 Å². The summed E-state index contributed by atoms with van der Waals surface area (Å²) in [5.74, 6) is 0.821. The molecule has 3 heterocycles. The standard InChI is InChI=1S/C18H28F3N7/c1-2-22-17(28-12-6-14(13-28)27-10-3-4-11-27)25-9-8-24-16-23-7-5-15(26-16)18(19,20)21/h5,7,14H,2-4,6,8-13H2,1H3,(H,22,25)(H,23,24,26). The van der Waals surface area contributed by atoms with Crippen LogP contribution in [-0.4, -0.2) is 77.6 Å². The number of nitrogens with zero attached hydrogens (tertiary/aromatic N) is 5. The van der Waals surface area contributed by atoms with Crippen molar-refractivity contribution in [2.45, 2.75) is 38.4 Å². The van der Waals surface area contributed by atoms with Gasteiger partial charge in [0.05, 0.1) is 6.54 Å². The molecule has 2 aliphatic rings. The number of guanidine groups is 1. The van der Waals surface area contributed by atoms with Gasteiger partial charge in [0, 0.05) is 38.4 Å². The molecule has 7 nitrogen and oxygen atoms in total. The van der Waals surface area contributed by atoms with Gasteiger partial charge < -0.3 is 15.5 Å². The minimum atomic E-state index is -4.47. The quantitative estimate of drug-likeness (QED) is 0.434. The van der Waals surface area contributed by atoms with Crippen LogP contribution in [0, 0.1) is 0 Å². The van der Waals surface area contributed by atoms with E-state index in [0.717, 1.165) is 44.3 Å². The van der Waals surface area contributed by atoms with Gasteiger partial charge in [-0.1, -0.05) is 0 Å². The molecule has 1 atom stereocenters. The van der Waals surface area contributed by atoms with Crippen LogP contribution in [0.2, 0.25) is 0 Å². The van der Waals surface area contributed by atoms with Crippen molar-refractivity contribution >= 4 is 11.9 Å². The van der Waals surface area contributed by atoms with Gasteiger partial charge in [-0.3, -0.25) is 9.89 Å². The molecule has 2 fully saturated rings. The molecule has 2 N–H and O–H groups in total. The summed E-state index contributed by atoms with van der Waals surface area (Å²) in [6.45, 7) is 7.89. The van der Waals surface area contributed by atoms with E-state index in [4.69, 9.17) is 0 Å². The molecule has 2 aliphatic heterocycles. The monoisotopic (exact) mass is 399 g/mol. The Bertz CT molecular complexity index is 659. The zero-order valence-electron chi connectivity index (χ0n) is 16.2. The summed E-state index contributed by atoms with van der Waals surface area (Å²) < 4.78 is 38.1. The maximum absolute atomic E-state index is 12.7. The second-order valence-electron chi connectivity index (χ2n) is 7.06. The van der Waals surface area contributed by atoms with Crippen molar-refractivity contribution in [3.05, 3.63) is 18.0 Å². The summed E-state index contributed by atoms with van der Waals surface area (Å²) in [5, 5.41) is 6.13. The van der Waals surface area contributed by atoms with Crippen molar-refractivity contribution in [3.8, 4) is 0 Å². The van der Waals surface area contributed by atoms with Crippen LogP contribution in [0.25, 0.3) is 0 Å². The molecule has 3 rings (SSSR count). The SMILES string of the molecule is CCNC(=NCCNc1nccc(C(F)(F)F)n1)N1CCC(N2CCCC2)C1. The largest absolute Gasteiger partial charge is 0.433 e. The Morgan fingerprint density at radius 1 is 1.29 bits per heavy atom. The molecular formula is C18H28F3N7. The summed E-state index contributed by atoms with van der Waals surface area (Å²) in [4.78, 5) is 16.8. The van der Waals surface area contributed by atoms with Crippen LogP contribution in [0.3, 0.4) is 0 Å². The van der Waals surface area contributed by atoms with E-state index in [2.05, 4.69) is 35.4 Å². The molecule has 0 radical (unpaired) electrons. The highest BCUT2D eigenvalue weighted by Gasteiger charge is 2.33. The fourth-order valence-corrected chi connectivity index (χ4v) is 3.70. The predicted molar refractivity (Wildman–Crippen MR) is 102 cm³/mol. The molecule has 0 saturated carbocycles. The summed E-state index contributed by atoms with van der Waals surface area (Å²) in [5.41, 5.74) is -0.952. The third kappa shape index (κ3) is 5.46. The fourth-order valence-electron chi connectivity index (χ4n) is 3.70. The van der Waals surface area contributed by atoms with E-state index >= 15 is 0 Å². The highest BCUT2D eigenvalue weighted by Crippen LogP contribution is 2.27. The molecule has 10 heteroatoms. The molecule has 0 amide bonds. The molecule has 2 saturated heterocycles. The zero-order valence-corrected chi connectivity index (χ0v) is 16.2. The summed E-state index contributed by atoms with van der Waals surface area (Å²) in [6, 6.07) is 1.44. The molecule has 28 heavy (non-hydrogen) atoms. The highest BCUT2D eigenvalue weighted by atomic mass is 19.4. The van der Waals surface area contributed by atoms with Gasteiger partial charge in [0.1, 0.15) is 5.69 Å². The first kappa shape index (κ1) is 20.6. The smallest absolute Gasteiger partial charge is 0.357 e. The van der Waals surface area contributed by atoms with Crippen LogP contribution in [0.1, 0.15) is 31.9 Å². The molecule has 0 bridgehead atoms. The number of aliphatic imine (C=N–C) groups is 1. The second kappa shape index (κ2) is 9.40. The van der Waals surface area contributed by atoms with Gasteiger partial charge in [0.15, 0.2) is 5.96 Å². The number of nitrogens with one attached hydrogen (secondary N) is 2. The Balaban J connectivity index is 1.51. The van der Waals surface area contributed by atoms with E-state index in [1.165, 1.54) is 25.9 Å². The maximum Gasteiger partial charge on any atom is 0.433 e. The van der Waals surface area contributed by atoms with E-state index in [1.807, 2.05) is 6.92 Å². The van der Waals surface area contributed by atoms with Gasteiger partial charge >= 0.3 is 6.18 Å². The number of likely N-dealkylation sites (tertiary alicyclic amines) is 2. The average Bonchev–Trinajstić information content (AvgIpc) is 3.35. The Labute approximate surface area is 163 Å². The lowest BCUT2D eigenvalue weighted by Gasteiger charge is -2.25. The number of aromatic nitrogens is 2. The summed E-state index contributed by atoms with van der Waals surface area (Å²) in [6.07, 6.45) is 0.341. The molecule has 1 aromatic heterocycles. The van der Waals surface area contributed by atoms with Gasteiger partial charge in [-0.2, -0.15) is 13.2 Å². The number of halogens is 3. The Kier molecular flexibility index (Phi) is 6.93. The van der Waals surface area contributed by atoms with Gasteiger partial charge in [-0.25, -0.2) is 9.97 Å². The van der Waals surface area contributed by atoms with Gasteiger partial charge in [0.2, 0.25) is 5.95 Å². The number of hydrogen-bond donors (Lipinski definition) is 2. The van der Waals surface area contributed by atoms with E-state index in [9.17, 15) is 13.2 Å². The second-order valence-corrected chi connectivity index (χ2v) is 7.06. The third-order valence-corrected chi connectivity index (χ3v) is 5.06. The van der Waals surface area contributed by atoms with Gasteiger partial charge in [-0.05, 0) is 45.3 Å². The molecule has 1 unspecified atom stereocenters. The van der Waals surface area contributed by atoms with Gasteiger partial charge in [0.25, 0.3) is 0 Å². The van der Waals surface area contributed by atoms with E-state index in [1.54, 1.807) is 0 Å². The van der Waals surface area contributed by atoms with E-state index in [-0.39, 0.29) is 5.95 Å². The molecule has 0 aliphatic carbocycles. The van der Waals surface area contributed by atoms with Crippen molar-refractivity contribution in [1.29, 1.82) is 0 Å². The molecule has 156 valence electrons. The van der Waals surface area contributed by atoms with Crippen molar-refractivity contribution in [2.75, 3.05) is 51.1 Å². The lowest BCUT2D eigenvalue weighted by Crippen LogP contribution is -2.43. The lowest BCUT2D eigenvalue weighted by atomic mass is 10.2. The minimum absolute atomic E-state index is 0.0368. The Morgan fingerprint density at radius 2 is 2.07 bits per heavy atom. The number of rotatable bonds is 6. The molecular weight excluding hydrogens is 371 g/mol. The summed E-state index contributed by atoms with van der Waals surface area (Å²) >= 11 is 0. The van der Waals surface area contributed by atoms with Gasteiger partial charge in [-0.15, -0.1) is 0 Å². The number of anilines is 1. The predicted octanol–water partition coefficient (Wildman–Crippen LogP) is 2.04. The van der Waals surface area contributed by atoms with E-state index in [0.29, 0.717) is 19.1 Å². The van der Waals surface area contributed by atoms with Crippen molar-refractivity contribution in [2.24, 2.45) is 4.99 Å². The first-order valence-electron chi connectivity index (χ1n) is 9.89. The maximum atomic E-state index is 12.7. The zero-order chi connectivity index (χ0) is 20.0. The van der Waals surface area contributed by atoms with Crippen molar-refractivity contribution < 1.29 is 13.2 Å². The number of alkyl halides is 3. The Morgan fingerprint density at radius 3 is 2.79 bits per heavy atom. The fraction of sp³-hybridized carbons (Fsp3) is 0.722. The van der Waals surface area contributed by atoms with Crippen LogP contribution in [0.4, 0.5) is 19.1 Å². The number of hydrogen-bond acceptors (Lipinski definition) is 5. The molecule has 0 aromatic carbocycles. The Hall–Kier alpha value is -2.10. The summed E-state index contributed by atoms with van der Waals surface area (Å²) in [7, 11) is 0. The van der Waals surface area contributed by atoms with Crippen molar-refractivity contribution in [3.63, 3.8) is 0 Å². The van der Waals surface area contributed by atoms with E-state index < -0.39 is 11.9 Å². The first-order valence-corrected chi connectivity index (χ1v) is 9.89. The van der Waals surface area contributed by atoms with Crippen LogP contribution in [0.15, 0.2) is 17.3 Å². The van der Waals surface area contributed by atoms with Crippen LogP contribution < -0.4 is 10.6 Å². The normalized spacial score (nSPS) is 21.4. The van der Waals surface area contributed by atoms with Crippen LogP contribution >= 0.6 is 0 Å². The van der Waals surface area contributed by atoms with Crippen LogP contribution in [-0.2, 0) is 6.18 Å². The average molecular weight is 399 g/mol. The molecule has 1 aromatic rings. The first-order chi connectivity index (χ1) is 13.5. The lowest BCUT2D eigenvalue weighted by molar-refractivity contribution is -0.141. The van der Waals surface area contributed by atoms with Crippen LogP contribution in [0.5, 0.6) is 0 Å². The topological polar surface area (TPSA) is 68.7 Å².